The standard InChI is InChI=1S/C22H29N3O3S/c1-5-18-12-17(6-9-19(18)15-25-29(27)28)14-24-21(26)23-13-16-7-10-20(11-8-16)22(2,3)4/h5-12,29H,1,13-15H2,2-4H3,(H2,23,24,26)(H,25,27,28). The summed E-state index contributed by atoms with van der Waals surface area (Å²) in [6, 6.07) is 13.5. The molecule has 0 unspecified atom stereocenters. The lowest BCUT2D eigenvalue weighted by molar-refractivity contribution is 0.240. The molecule has 0 aliphatic rings. The minimum absolute atomic E-state index is 0.103. The summed E-state index contributed by atoms with van der Waals surface area (Å²) in [6.07, 6.45) is 1.67. The molecule has 0 fully saturated rings. The van der Waals surface area contributed by atoms with Gasteiger partial charge in [0.15, 0.2) is 0 Å². The largest absolute Gasteiger partial charge is 0.334 e. The van der Waals surface area contributed by atoms with Crippen molar-refractivity contribution >= 4 is 23.0 Å². The lowest BCUT2D eigenvalue weighted by atomic mass is 9.87. The molecule has 0 aliphatic carbocycles. The number of rotatable bonds is 8. The Morgan fingerprint density at radius 3 is 2.10 bits per heavy atom. The normalized spacial score (nSPS) is 11.3. The fourth-order valence-corrected chi connectivity index (χ4v) is 3.10. The molecule has 0 spiro atoms. The van der Waals surface area contributed by atoms with Crippen molar-refractivity contribution in [2.75, 3.05) is 0 Å². The van der Waals surface area contributed by atoms with Crippen LogP contribution in [0.1, 0.15) is 48.6 Å². The van der Waals surface area contributed by atoms with E-state index in [2.05, 4.69) is 54.8 Å². The molecule has 3 N–H and O–H groups in total. The van der Waals surface area contributed by atoms with Gasteiger partial charge in [0, 0.05) is 19.6 Å². The highest BCUT2D eigenvalue weighted by Gasteiger charge is 2.12. The van der Waals surface area contributed by atoms with E-state index < -0.39 is 10.9 Å². The van der Waals surface area contributed by atoms with Crippen LogP contribution in [0.3, 0.4) is 0 Å². The van der Waals surface area contributed by atoms with Crippen LogP contribution in [-0.2, 0) is 35.9 Å². The molecule has 0 radical (unpaired) electrons. The molecule has 0 saturated carbocycles. The minimum atomic E-state index is -2.65. The Bertz CT molecular complexity index is 921. The Labute approximate surface area is 174 Å². The van der Waals surface area contributed by atoms with Crippen LogP contribution in [0.15, 0.2) is 49.0 Å². The maximum absolute atomic E-state index is 12.1. The van der Waals surface area contributed by atoms with Gasteiger partial charge in [0.2, 0.25) is 10.9 Å². The zero-order valence-electron chi connectivity index (χ0n) is 17.1. The molecule has 0 heterocycles. The van der Waals surface area contributed by atoms with E-state index in [0.29, 0.717) is 13.1 Å². The molecule has 6 nitrogen and oxygen atoms in total. The Morgan fingerprint density at radius 1 is 0.966 bits per heavy atom. The number of amides is 2. The van der Waals surface area contributed by atoms with E-state index in [-0.39, 0.29) is 18.0 Å². The monoisotopic (exact) mass is 415 g/mol. The quantitative estimate of drug-likeness (QED) is 0.499. The van der Waals surface area contributed by atoms with Crippen LogP contribution in [0.25, 0.3) is 6.08 Å². The lowest BCUT2D eigenvalue weighted by Crippen LogP contribution is -2.34. The Morgan fingerprint density at radius 2 is 1.55 bits per heavy atom. The predicted octanol–water partition coefficient (Wildman–Crippen LogP) is 3.24. The van der Waals surface area contributed by atoms with E-state index in [9.17, 15) is 13.2 Å². The smallest absolute Gasteiger partial charge is 0.315 e. The molecule has 0 atom stereocenters. The van der Waals surface area contributed by atoms with Crippen molar-refractivity contribution < 1.29 is 13.2 Å². The number of carbonyl (C=O) groups is 1. The minimum Gasteiger partial charge on any atom is -0.334 e. The van der Waals surface area contributed by atoms with Crippen molar-refractivity contribution in [2.45, 2.75) is 45.8 Å². The third-order valence-electron chi connectivity index (χ3n) is 4.55. The van der Waals surface area contributed by atoms with Crippen LogP contribution >= 0.6 is 0 Å². The first-order chi connectivity index (χ1) is 13.7. The number of nitrogens with one attached hydrogen (secondary N) is 3. The fraction of sp³-hybridized carbons (Fsp3) is 0.318. The Hall–Kier alpha value is -2.64. The molecule has 0 saturated heterocycles. The SMILES string of the molecule is C=Cc1cc(CNC(=O)NCc2ccc(C(C)(C)C)cc2)ccc1CN[SH](=O)=O. The highest BCUT2D eigenvalue weighted by molar-refractivity contribution is 7.70. The number of urea groups is 1. The maximum Gasteiger partial charge on any atom is 0.315 e. The molecule has 0 aliphatic heterocycles. The second kappa shape index (κ2) is 10.2. The van der Waals surface area contributed by atoms with E-state index >= 15 is 0 Å². The van der Waals surface area contributed by atoms with Gasteiger partial charge in [-0.3, -0.25) is 0 Å². The second-order valence-corrected chi connectivity index (χ2v) is 8.64. The van der Waals surface area contributed by atoms with Gasteiger partial charge in [0.05, 0.1) is 0 Å². The molecule has 156 valence electrons. The van der Waals surface area contributed by atoms with Gasteiger partial charge in [-0.1, -0.05) is 69.8 Å². The van der Waals surface area contributed by atoms with E-state index in [1.54, 1.807) is 6.08 Å². The molecule has 2 aromatic carbocycles. The fourth-order valence-electron chi connectivity index (χ4n) is 2.80. The third kappa shape index (κ3) is 7.36. The van der Waals surface area contributed by atoms with Crippen molar-refractivity contribution in [2.24, 2.45) is 0 Å². The predicted molar refractivity (Wildman–Crippen MR) is 118 cm³/mol. The average Bonchev–Trinajstić information content (AvgIpc) is 2.68. The van der Waals surface area contributed by atoms with Crippen LogP contribution < -0.4 is 15.4 Å². The van der Waals surface area contributed by atoms with Crippen molar-refractivity contribution in [1.82, 2.24) is 15.4 Å². The first-order valence-corrected chi connectivity index (χ1v) is 10.6. The molecular formula is C22H29N3O3S. The van der Waals surface area contributed by atoms with Crippen molar-refractivity contribution in [3.8, 4) is 0 Å². The first-order valence-electron chi connectivity index (χ1n) is 9.42. The van der Waals surface area contributed by atoms with Crippen molar-refractivity contribution in [3.05, 3.63) is 76.9 Å². The number of thiol groups is 1. The third-order valence-corrected chi connectivity index (χ3v) is 4.97. The highest BCUT2D eigenvalue weighted by Crippen LogP contribution is 2.22. The summed E-state index contributed by atoms with van der Waals surface area (Å²) >= 11 is 0. The average molecular weight is 416 g/mol. The van der Waals surface area contributed by atoms with Gasteiger partial charge in [0.25, 0.3) is 0 Å². The summed E-state index contributed by atoms with van der Waals surface area (Å²) in [4.78, 5) is 12.1. The molecule has 29 heavy (non-hydrogen) atoms. The highest BCUT2D eigenvalue weighted by atomic mass is 32.2. The number of carbonyl (C=O) groups excluding carboxylic acids is 1. The van der Waals surface area contributed by atoms with Crippen LogP contribution in [0.2, 0.25) is 0 Å². The van der Waals surface area contributed by atoms with Crippen molar-refractivity contribution in [3.63, 3.8) is 0 Å². The van der Waals surface area contributed by atoms with Gasteiger partial charge in [-0.2, -0.15) is 0 Å². The Kier molecular flexibility index (Phi) is 7.99. The van der Waals surface area contributed by atoms with Crippen LogP contribution in [-0.4, -0.2) is 14.4 Å². The number of hydrogen-bond donors (Lipinski definition) is 4. The van der Waals surface area contributed by atoms with E-state index in [4.69, 9.17) is 0 Å². The summed E-state index contributed by atoms with van der Waals surface area (Å²) in [5.41, 5.74) is 4.95. The molecule has 2 aromatic rings. The summed E-state index contributed by atoms with van der Waals surface area (Å²) in [5, 5.41) is 5.68. The molecule has 0 bridgehead atoms. The van der Waals surface area contributed by atoms with E-state index in [1.165, 1.54) is 5.56 Å². The van der Waals surface area contributed by atoms with Gasteiger partial charge in [-0.25, -0.2) is 17.9 Å². The zero-order valence-corrected chi connectivity index (χ0v) is 18.0. The first kappa shape index (κ1) is 22.6. The summed E-state index contributed by atoms with van der Waals surface area (Å²) in [5.74, 6) is 0. The number of benzene rings is 2. The topological polar surface area (TPSA) is 87.3 Å². The lowest BCUT2D eigenvalue weighted by Gasteiger charge is -2.19. The molecule has 2 amide bonds. The van der Waals surface area contributed by atoms with Crippen LogP contribution in [0, 0.1) is 0 Å². The number of hydrogen-bond acceptors (Lipinski definition) is 3. The van der Waals surface area contributed by atoms with Gasteiger partial charge in [-0.15, -0.1) is 0 Å². The van der Waals surface area contributed by atoms with Crippen LogP contribution in [0.4, 0.5) is 4.79 Å². The second-order valence-electron chi connectivity index (χ2n) is 7.81. The van der Waals surface area contributed by atoms with Crippen LogP contribution in [0.5, 0.6) is 0 Å². The van der Waals surface area contributed by atoms with Gasteiger partial charge < -0.3 is 10.6 Å². The van der Waals surface area contributed by atoms with Gasteiger partial charge >= 0.3 is 6.03 Å². The molecule has 0 aromatic heterocycles. The van der Waals surface area contributed by atoms with Gasteiger partial charge in [-0.05, 0) is 39.3 Å². The maximum atomic E-state index is 12.1. The Balaban J connectivity index is 1.86. The van der Waals surface area contributed by atoms with E-state index in [1.807, 2.05) is 30.3 Å². The summed E-state index contributed by atoms with van der Waals surface area (Å²) < 4.78 is 23.7. The molecule has 7 heteroatoms. The zero-order chi connectivity index (χ0) is 21.4. The van der Waals surface area contributed by atoms with E-state index in [0.717, 1.165) is 22.3 Å². The van der Waals surface area contributed by atoms with Crippen molar-refractivity contribution in [1.29, 1.82) is 0 Å². The van der Waals surface area contributed by atoms with Gasteiger partial charge in [0.1, 0.15) is 0 Å². The summed E-state index contributed by atoms with van der Waals surface area (Å²) in [6.45, 7) is 11.3. The molecular weight excluding hydrogens is 386 g/mol. The summed E-state index contributed by atoms with van der Waals surface area (Å²) in [7, 11) is -2.65. The molecule has 2 rings (SSSR count).